The molecule has 74 valence electrons. The zero-order chi connectivity index (χ0) is 10.1. The van der Waals surface area contributed by atoms with E-state index in [1.54, 1.807) is 0 Å². The maximum atomic E-state index is 4.42. The molecule has 0 bridgehead atoms. The molecule has 0 aliphatic carbocycles. The summed E-state index contributed by atoms with van der Waals surface area (Å²) in [4.78, 5) is 10.7. The largest absolute Gasteiger partial charge is 0.330 e. The molecule has 0 saturated carbocycles. The number of benzene rings is 1. The Hall–Kier alpha value is -1.90. The molecule has 2 aromatic rings. The smallest absolute Gasteiger partial charge is 0.0896 e. The van der Waals surface area contributed by atoms with E-state index < -0.39 is 0 Å². The van der Waals surface area contributed by atoms with Crippen molar-refractivity contribution in [3.63, 3.8) is 0 Å². The van der Waals surface area contributed by atoms with E-state index in [9.17, 15) is 0 Å². The summed E-state index contributed by atoms with van der Waals surface area (Å²) >= 11 is 0. The number of hydrogen-bond donors (Lipinski definition) is 0. The van der Waals surface area contributed by atoms with Crippen molar-refractivity contribution in [2.24, 2.45) is 4.99 Å². The number of rotatable bonds is 1. The van der Waals surface area contributed by atoms with Gasteiger partial charge in [-0.25, -0.2) is 0 Å². The van der Waals surface area contributed by atoms with E-state index >= 15 is 0 Å². The maximum absolute atomic E-state index is 4.42. The second-order valence-corrected chi connectivity index (χ2v) is 3.60. The van der Waals surface area contributed by atoms with Crippen LogP contribution >= 0.6 is 0 Å². The third-order valence-corrected chi connectivity index (χ3v) is 2.60. The summed E-state index contributed by atoms with van der Waals surface area (Å²) in [5.41, 5.74) is 2.16. The van der Waals surface area contributed by atoms with Crippen molar-refractivity contribution < 1.29 is 0 Å². The summed E-state index contributed by atoms with van der Waals surface area (Å²) in [5.74, 6) is 0. The Balaban J connectivity index is 2.09. The monoisotopic (exact) mass is 197 g/mol. The number of nitrogens with zero attached hydrogens (tertiary/aromatic N) is 3. The summed E-state index contributed by atoms with van der Waals surface area (Å²) in [6.07, 6.45) is 3.78. The van der Waals surface area contributed by atoms with Crippen LogP contribution in [0.1, 0.15) is 0 Å². The number of fused-ring (bicyclic) bond motifs is 1. The Morgan fingerprint density at radius 2 is 2.13 bits per heavy atom. The van der Waals surface area contributed by atoms with Crippen LogP contribution in [0.4, 0.5) is 5.69 Å². The second-order valence-electron chi connectivity index (χ2n) is 3.60. The molecular formula is C12H11N3. The van der Waals surface area contributed by atoms with Gasteiger partial charge in [-0.1, -0.05) is 18.2 Å². The minimum absolute atomic E-state index is 0.882. The number of para-hydroxylation sites is 1. The lowest BCUT2D eigenvalue weighted by Gasteiger charge is -2.13. The molecule has 1 aromatic carbocycles. The van der Waals surface area contributed by atoms with Crippen LogP contribution < -0.4 is 4.90 Å². The highest BCUT2D eigenvalue weighted by atomic mass is 15.2. The van der Waals surface area contributed by atoms with Gasteiger partial charge in [0.2, 0.25) is 0 Å². The van der Waals surface area contributed by atoms with Crippen LogP contribution in [0.25, 0.3) is 10.9 Å². The highest BCUT2D eigenvalue weighted by molar-refractivity contribution is 5.87. The molecule has 1 aromatic heterocycles. The zero-order valence-electron chi connectivity index (χ0n) is 8.30. The lowest BCUT2D eigenvalue weighted by Crippen LogP contribution is -2.18. The average molecular weight is 197 g/mol. The summed E-state index contributed by atoms with van der Waals surface area (Å²) in [6, 6.07) is 10.3. The minimum atomic E-state index is 0.882. The third kappa shape index (κ3) is 1.46. The van der Waals surface area contributed by atoms with Crippen molar-refractivity contribution in [1.29, 1.82) is 0 Å². The fourth-order valence-electron chi connectivity index (χ4n) is 1.79. The van der Waals surface area contributed by atoms with Crippen LogP contribution in [-0.4, -0.2) is 24.4 Å². The minimum Gasteiger partial charge on any atom is -0.330 e. The first-order valence-electron chi connectivity index (χ1n) is 5.05. The molecule has 1 aliphatic rings. The first-order valence-corrected chi connectivity index (χ1v) is 5.05. The van der Waals surface area contributed by atoms with E-state index in [4.69, 9.17) is 0 Å². The van der Waals surface area contributed by atoms with Gasteiger partial charge in [-0.05, 0) is 12.1 Å². The van der Waals surface area contributed by atoms with Gasteiger partial charge in [0.25, 0.3) is 0 Å². The SMILES string of the molecule is C1=NCCN1c1cnc2ccccc2c1. The molecule has 0 atom stereocenters. The Morgan fingerprint density at radius 1 is 1.20 bits per heavy atom. The molecule has 2 heterocycles. The molecule has 3 nitrogen and oxygen atoms in total. The molecule has 0 spiro atoms. The van der Waals surface area contributed by atoms with Crippen molar-refractivity contribution in [2.45, 2.75) is 0 Å². The first-order chi connectivity index (χ1) is 7.43. The van der Waals surface area contributed by atoms with Crippen LogP contribution in [0.2, 0.25) is 0 Å². The Labute approximate surface area is 88.1 Å². The van der Waals surface area contributed by atoms with Crippen molar-refractivity contribution in [3.8, 4) is 0 Å². The van der Waals surface area contributed by atoms with E-state index in [1.807, 2.05) is 30.7 Å². The maximum Gasteiger partial charge on any atom is 0.0896 e. The van der Waals surface area contributed by atoms with E-state index in [2.05, 4.69) is 27.0 Å². The van der Waals surface area contributed by atoms with Gasteiger partial charge in [0.05, 0.1) is 30.3 Å². The summed E-state index contributed by atoms with van der Waals surface area (Å²) in [5, 5.41) is 1.18. The number of pyridine rings is 1. The fraction of sp³-hybridized carbons (Fsp3) is 0.167. The van der Waals surface area contributed by atoms with Crippen molar-refractivity contribution >= 4 is 22.9 Å². The topological polar surface area (TPSA) is 28.5 Å². The van der Waals surface area contributed by atoms with Gasteiger partial charge in [0, 0.05) is 11.9 Å². The quantitative estimate of drug-likeness (QED) is 0.700. The molecular weight excluding hydrogens is 186 g/mol. The zero-order valence-corrected chi connectivity index (χ0v) is 8.30. The highest BCUT2D eigenvalue weighted by Crippen LogP contribution is 2.19. The Bertz CT molecular complexity index is 519. The predicted molar refractivity (Wildman–Crippen MR) is 62.4 cm³/mol. The molecule has 0 saturated heterocycles. The third-order valence-electron chi connectivity index (χ3n) is 2.60. The van der Waals surface area contributed by atoms with Gasteiger partial charge in [-0.2, -0.15) is 0 Å². The average Bonchev–Trinajstić information content (AvgIpc) is 2.82. The van der Waals surface area contributed by atoms with Crippen LogP contribution in [0.3, 0.4) is 0 Å². The van der Waals surface area contributed by atoms with E-state index in [1.165, 1.54) is 5.39 Å². The number of hydrogen-bond acceptors (Lipinski definition) is 3. The standard InChI is InChI=1S/C12H11N3/c1-2-4-12-10(3-1)7-11(8-14-12)15-6-5-13-9-15/h1-4,7-9H,5-6H2. The van der Waals surface area contributed by atoms with Gasteiger partial charge in [-0.3, -0.25) is 9.98 Å². The van der Waals surface area contributed by atoms with E-state index in [0.717, 1.165) is 24.3 Å². The Kier molecular flexibility index (Phi) is 1.88. The fourth-order valence-corrected chi connectivity index (χ4v) is 1.79. The highest BCUT2D eigenvalue weighted by Gasteiger charge is 2.08. The summed E-state index contributed by atoms with van der Waals surface area (Å²) < 4.78 is 0. The normalized spacial score (nSPS) is 15.1. The van der Waals surface area contributed by atoms with Crippen LogP contribution in [0.5, 0.6) is 0 Å². The van der Waals surface area contributed by atoms with Crippen LogP contribution in [0.15, 0.2) is 41.5 Å². The van der Waals surface area contributed by atoms with Gasteiger partial charge in [0.1, 0.15) is 0 Å². The van der Waals surface area contributed by atoms with Gasteiger partial charge < -0.3 is 4.90 Å². The number of anilines is 1. The predicted octanol–water partition coefficient (Wildman–Crippen LogP) is 2.08. The van der Waals surface area contributed by atoms with Gasteiger partial charge >= 0.3 is 0 Å². The van der Waals surface area contributed by atoms with E-state index in [-0.39, 0.29) is 0 Å². The molecule has 1 aliphatic heterocycles. The second kappa shape index (κ2) is 3.35. The molecule has 0 N–H and O–H groups in total. The molecule has 15 heavy (non-hydrogen) atoms. The number of aromatic nitrogens is 1. The Morgan fingerprint density at radius 3 is 3.00 bits per heavy atom. The summed E-state index contributed by atoms with van der Waals surface area (Å²) in [7, 11) is 0. The van der Waals surface area contributed by atoms with Gasteiger partial charge in [-0.15, -0.1) is 0 Å². The van der Waals surface area contributed by atoms with Crippen molar-refractivity contribution in [1.82, 2.24) is 4.98 Å². The van der Waals surface area contributed by atoms with Gasteiger partial charge in [0.15, 0.2) is 0 Å². The van der Waals surface area contributed by atoms with E-state index in [0.29, 0.717) is 0 Å². The lowest BCUT2D eigenvalue weighted by atomic mass is 10.2. The molecule has 0 unspecified atom stereocenters. The number of aliphatic imine (C=N–C) groups is 1. The summed E-state index contributed by atoms with van der Waals surface area (Å²) in [6.45, 7) is 1.84. The molecule has 0 amide bonds. The van der Waals surface area contributed by atoms with Crippen LogP contribution in [-0.2, 0) is 0 Å². The lowest BCUT2D eigenvalue weighted by molar-refractivity contribution is 1.02. The molecule has 3 rings (SSSR count). The van der Waals surface area contributed by atoms with Crippen molar-refractivity contribution in [3.05, 3.63) is 36.5 Å². The first kappa shape index (κ1) is 8.41. The molecule has 0 radical (unpaired) electrons. The molecule has 0 fully saturated rings. The molecule has 3 heteroatoms. The van der Waals surface area contributed by atoms with Crippen LogP contribution in [0, 0.1) is 0 Å². The van der Waals surface area contributed by atoms with Crippen molar-refractivity contribution in [2.75, 3.05) is 18.0 Å².